The molecule has 0 radical (unpaired) electrons. The van der Waals surface area contributed by atoms with Gasteiger partial charge in [-0.25, -0.2) is 4.79 Å². The molecule has 0 aliphatic carbocycles. The Kier molecular flexibility index (Phi) is 4.05. The Morgan fingerprint density at radius 1 is 1.67 bits per heavy atom. The summed E-state index contributed by atoms with van der Waals surface area (Å²) in [5.41, 5.74) is 6.33. The van der Waals surface area contributed by atoms with Crippen LogP contribution >= 0.6 is 11.6 Å². The molecule has 2 N–H and O–H groups in total. The second kappa shape index (κ2) is 5.31. The first-order valence-electron chi connectivity index (χ1n) is 4.27. The summed E-state index contributed by atoms with van der Waals surface area (Å²) in [4.78, 5) is 11.0. The SMILES string of the molecule is CCOC(=O)C=Cc1nnc(Cl)cc1N. The van der Waals surface area contributed by atoms with E-state index in [0.29, 0.717) is 18.0 Å². The Morgan fingerprint density at radius 2 is 2.40 bits per heavy atom. The van der Waals surface area contributed by atoms with E-state index in [2.05, 4.69) is 14.9 Å². The summed E-state index contributed by atoms with van der Waals surface area (Å²) in [7, 11) is 0. The first-order chi connectivity index (χ1) is 7.13. The van der Waals surface area contributed by atoms with Crippen molar-refractivity contribution in [2.75, 3.05) is 12.3 Å². The molecule has 0 amide bonds. The molecule has 0 atom stereocenters. The Labute approximate surface area is 91.9 Å². The van der Waals surface area contributed by atoms with Crippen molar-refractivity contribution in [2.45, 2.75) is 6.92 Å². The topological polar surface area (TPSA) is 78.1 Å². The number of aromatic nitrogens is 2. The highest BCUT2D eigenvalue weighted by atomic mass is 35.5. The average molecular weight is 228 g/mol. The molecular formula is C9H10ClN3O2. The van der Waals surface area contributed by atoms with Crippen LogP contribution in [0.25, 0.3) is 6.08 Å². The quantitative estimate of drug-likeness (QED) is 0.622. The van der Waals surface area contributed by atoms with E-state index in [1.807, 2.05) is 0 Å². The number of hydrogen-bond donors (Lipinski definition) is 1. The molecule has 0 bridgehead atoms. The van der Waals surface area contributed by atoms with Crippen molar-refractivity contribution in [1.29, 1.82) is 0 Å². The fraction of sp³-hybridized carbons (Fsp3) is 0.222. The van der Waals surface area contributed by atoms with E-state index in [1.165, 1.54) is 18.2 Å². The number of nitrogens with zero attached hydrogens (tertiary/aromatic N) is 2. The molecule has 15 heavy (non-hydrogen) atoms. The maximum atomic E-state index is 11.0. The van der Waals surface area contributed by atoms with Gasteiger partial charge in [-0.05, 0) is 13.0 Å². The summed E-state index contributed by atoms with van der Waals surface area (Å²) in [5, 5.41) is 7.51. The van der Waals surface area contributed by atoms with Gasteiger partial charge in [-0.3, -0.25) is 0 Å². The van der Waals surface area contributed by atoms with Crippen molar-refractivity contribution < 1.29 is 9.53 Å². The highest BCUT2D eigenvalue weighted by Gasteiger charge is 2.00. The van der Waals surface area contributed by atoms with Gasteiger partial charge in [0.1, 0.15) is 5.69 Å². The minimum atomic E-state index is -0.450. The fourth-order valence-corrected chi connectivity index (χ4v) is 1.01. The molecule has 1 aromatic heterocycles. The minimum Gasteiger partial charge on any atom is -0.463 e. The van der Waals surface area contributed by atoms with Gasteiger partial charge >= 0.3 is 5.97 Å². The first kappa shape index (κ1) is 11.5. The molecular weight excluding hydrogens is 218 g/mol. The summed E-state index contributed by atoms with van der Waals surface area (Å²) < 4.78 is 4.69. The number of carbonyl (C=O) groups is 1. The van der Waals surface area contributed by atoms with Crippen LogP contribution in [-0.4, -0.2) is 22.8 Å². The Morgan fingerprint density at radius 3 is 3.00 bits per heavy atom. The number of nitrogen functional groups attached to an aromatic ring is 1. The van der Waals surface area contributed by atoms with E-state index >= 15 is 0 Å². The average Bonchev–Trinajstić information content (AvgIpc) is 2.17. The summed E-state index contributed by atoms with van der Waals surface area (Å²) in [6.07, 6.45) is 2.66. The van der Waals surface area contributed by atoms with Crippen LogP contribution in [0.3, 0.4) is 0 Å². The zero-order valence-corrected chi connectivity index (χ0v) is 8.86. The van der Waals surface area contributed by atoms with Crippen LogP contribution in [0.4, 0.5) is 5.69 Å². The van der Waals surface area contributed by atoms with Crippen molar-refractivity contribution in [3.8, 4) is 0 Å². The molecule has 0 saturated carbocycles. The van der Waals surface area contributed by atoms with E-state index in [9.17, 15) is 4.79 Å². The van der Waals surface area contributed by atoms with Gasteiger partial charge < -0.3 is 10.5 Å². The van der Waals surface area contributed by atoms with Gasteiger partial charge in [0.15, 0.2) is 5.15 Å². The predicted octanol–water partition coefficient (Wildman–Crippen LogP) is 1.29. The number of nitrogens with two attached hydrogens (primary N) is 1. The number of halogens is 1. The summed E-state index contributed by atoms with van der Waals surface area (Å²) >= 11 is 5.56. The zero-order valence-electron chi connectivity index (χ0n) is 8.11. The van der Waals surface area contributed by atoms with Crippen molar-refractivity contribution in [2.24, 2.45) is 0 Å². The molecule has 80 valence electrons. The fourth-order valence-electron chi connectivity index (χ4n) is 0.857. The van der Waals surface area contributed by atoms with Crippen molar-refractivity contribution in [3.63, 3.8) is 0 Å². The molecule has 0 aromatic carbocycles. The van der Waals surface area contributed by atoms with Crippen LogP contribution in [0, 0.1) is 0 Å². The monoisotopic (exact) mass is 227 g/mol. The molecule has 6 heteroatoms. The van der Waals surface area contributed by atoms with Gasteiger partial charge in [0.05, 0.1) is 12.3 Å². The molecule has 1 heterocycles. The molecule has 0 aliphatic heterocycles. The maximum absolute atomic E-state index is 11.0. The molecule has 0 spiro atoms. The third kappa shape index (κ3) is 3.55. The highest BCUT2D eigenvalue weighted by molar-refractivity contribution is 6.29. The van der Waals surface area contributed by atoms with Gasteiger partial charge in [0.25, 0.3) is 0 Å². The standard InChI is InChI=1S/C9H10ClN3O2/c1-2-15-9(14)4-3-7-6(11)5-8(10)13-12-7/h3-5H,2H2,1H3,(H2,11,13). The Hall–Kier alpha value is -1.62. The van der Waals surface area contributed by atoms with E-state index in [4.69, 9.17) is 17.3 Å². The maximum Gasteiger partial charge on any atom is 0.330 e. The van der Waals surface area contributed by atoms with Crippen LogP contribution in [0.5, 0.6) is 0 Å². The lowest BCUT2D eigenvalue weighted by atomic mass is 10.3. The number of esters is 1. The van der Waals surface area contributed by atoms with Crippen molar-refractivity contribution >= 4 is 29.3 Å². The molecule has 1 aromatic rings. The highest BCUT2D eigenvalue weighted by Crippen LogP contribution is 2.13. The van der Waals surface area contributed by atoms with Gasteiger partial charge in [-0.15, -0.1) is 10.2 Å². The number of anilines is 1. The van der Waals surface area contributed by atoms with Crippen LogP contribution in [0.15, 0.2) is 12.1 Å². The van der Waals surface area contributed by atoms with E-state index in [0.717, 1.165) is 0 Å². The third-order valence-electron chi connectivity index (χ3n) is 1.49. The lowest BCUT2D eigenvalue weighted by Gasteiger charge is -1.98. The Balaban J connectivity index is 2.76. The minimum absolute atomic E-state index is 0.209. The second-order valence-electron chi connectivity index (χ2n) is 2.59. The molecule has 1 rings (SSSR count). The van der Waals surface area contributed by atoms with Crippen LogP contribution < -0.4 is 5.73 Å². The van der Waals surface area contributed by atoms with Crippen molar-refractivity contribution in [3.05, 3.63) is 23.0 Å². The molecule has 0 fully saturated rings. The van der Waals surface area contributed by atoms with Gasteiger partial charge in [0, 0.05) is 12.1 Å². The van der Waals surface area contributed by atoms with Crippen molar-refractivity contribution in [1.82, 2.24) is 10.2 Å². The number of rotatable bonds is 3. The number of ether oxygens (including phenoxy) is 1. The second-order valence-corrected chi connectivity index (χ2v) is 2.98. The number of hydrogen-bond acceptors (Lipinski definition) is 5. The van der Waals surface area contributed by atoms with E-state index < -0.39 is 5.97 Å². The molecule has 0 aliphatic rings. The lowest BCUT2D eigenvalue weighted by molar-refractivity contribution is -0.137. The predicted molar refractivity (Wildman–Crippen MR) is 57.1 cm³/mol. The van der Waals surface area contributed by atoms with Crippen LogP contribution in [-0.2, 0) is 9.53 Å². The van der Waals surface area contributed by atoms with Crippen LogP contribution in [0.1, 0.15) is 12.6 Å². The van der Waals surface area contributed by atoms with Gasteiger partial charge in [-0.1, -0.05) is 11.6 Å². The van der Waals surface area contributed by atoms with E-state index in [1.54, 1.807) is 6.92 Å². The number of carbonyl (C=O) groups excluding carboxylic acids is 1. The normalized spacial score (nSPS) is 10.5. The van der Waals surface area contributed by atoms with Crippen LogP contribution in [0.2, 0.25) is 5.15 Å². The van der Waals surface area contributed by atoms with Gasteiger partial charge in [0.2, 0.25) is 0 Å². The summed E-state index contributed by atoms with van der Waals surface area (Å²) in [6, 6.07) is 1.46. The lowest BCUT2D eigenvalue weighted by Crippen LogP contribution is -2.00. The summed E-state index contributed by atoms with van der Waals surface area (Å²) in [5.74, 6) is -0.450. The summed E-state index contributed by atoms with van der Waals surface area (Å²) in [6.45, 7) is 2.05. The zero-order chi connectivity index (χ0) is 11.3. The van der Waals surface area contributed by atoms with E-state index in [-0.39, 0.29) is 5.15 Å². The third-order valence-corrected chi connectivity index (χ3v) is 1.67. The van der Waals surface area contributed by atoms with Gasteiger partial charge in [-0.2, -0.15) is 0 Å². The molecule has 5 nitrogen and oxygen atoms in total. The Bertz CT molecular complexity index is 393. The smallest absolute Gasteiger partial charge is 0.330 e. The molecule has 0 saturated heterocycles. The largest absolute Gasteiger partial charge is 0.463 e. The first-order valence-corrected chi connectivity index (χ1v) is 4.64. The molecule has 0 unspecified atom stereocenters.